The second-order valence-electron chi connectivity index (χ2n) is 3.20. The maximum absolute atomic E-state index is 12.8. The quantitative estimate of drug-likeness (QED) is 0.838. The highest BCUT2D eigenvalue weighted by atomic mass is 35.5. The second-order valence-corrected chi connectivity index (χ2v) is 3.20. The highest BCUT2D eigenvalue weighted by Gasteiger charge is 2.34. The monoisotopic (exact) mass is 268 g/mol. The van der Waals surface area contributed by atoms with Crippen LogP contribution in [-0.4, -0.2) is 0 Å². The first kappa shape index (κ1) is 15.7. The Morgan fingerprint density at radius 2 is 1.94 bits per heavy atom. The van der Waals surface area contributed by atoms with Gasteiger partial charge in [0.05, 0.1) is 18.1 Å². The first-order valence-electron chi connectivity index (χ1n) is 4.35. The van der Waals surface area contributed by atoms with E-state index in [9.17, 15) is 17.6 Å². The second kappa shape index (κ2) is 5.84. The van der Waals surface area contributed by atoms with E-state index in [0.29, 0.717) is 18.2 Å². The topological polar surface area (TPSA) is 49.8 Å². The zero-order valence-corrected chi connectivity index (χ0v) is 9.28. The zero-order chi connectivity index (χ0) is 12.3. The van der Waals surface area contributed by atoms with Gasteiger partial charge in [-0.15, -0.1) is 12.4 Å². The molecular weight excluding hydrogens is 260 g/mol. The normalized spacial score (nSPS) is 12.5. The van der Waals surface area contributed by atoms with Crippen LogP contribution in [0.25, 0.3) is 0 Å². The molecule has 0 fully saturated rings. The van der Waals surface area contributed by atoms with Crippen LogP contribution in [0, 0.1) is 17.1 Å². The molecule has 0 aliphatic heterocycles. The van der Waals surface area contributed by atoms with E-state index in [0.717, 1.165) is 0 Å². The molecule has 0 aromatic heterocycles. The number of hydrogen-bond donors (Lipinski definition) is 1. The van der Waals surface area contributed by atoms with E-state index in [1.807, 2.05) is 0 Å². The summed E-state index contributed by atoms with van der Waals surface area (Å²) in [5.74, 6) is -0.809. The van der Waals surface area contributed by atoms with Crippen LogP contribution >= 0.6 is 12.4 Å². The minimum Gasteiger partial charge on any atom is -0.323 e. The molecule has 0 aliphatic rings. The molecule has 2 N–H and O–H groups in total. The third-order valence-electron chi connectivity index (χ3n) is 2.03. The zero-order valence-electron chi connectivity index (χ0n) is 8.46. The summed E-state index contributed by atoms with van der Waals surface area (Å²) in [7, 11) is 0. The van der Waals surface area contributed by atoms with Gasteiger partial charge in [-0.25, -0.2) is 4.39 Å². The molecule has 0 saturated carbocycles. The number of hydrogen-bond acceptors (Lipinski definition) is 2. The summed E-state index contributed by atoms with van der Waals surface area (Å²) in [4.78, 5) is 0. The Kier molecular flexibility index (Phi) is 5.39. The number of halogens is 5. The average Bonchev–Trinajstić information content (AvgIpc) is 2.16. The lowest BCUT2D eigenvalue weighted by molar-refractivity contribution is -0.138. The molecule has 1 aromatic carbocycles. The molecule has 2 nitrogen and oxygen atoms in total. The van der Waals surface area contributed by atoms with Crippen molar-refractivity contribution in [3.63, 3.8) is 0 Å². The van der Waals surface area contributed by atoms with Crippen LogP contribution in [0.5, 0.6) is 0 Å². The van der Waals surface area contributed by atoms with E-state index in [4.69, 9.17) is 11.0 Å². The summed E-state index contributed by atoms with van der Waals surface area (Å²) in [6.07, 6.45) is -4.90. The fourth-order valence-electron chi connectivity index (χ4n) is 1.31. The van der Waals surface area contributed by atoms with Crippen molar-refractivity contribution >= 4 is 12.4 Å². The molecule has 0 radical (unpaired) electrons. The largest absolute Gasteiger partial charge is 0.416 e. The molecule has 1 aromatic rings. The smallest absolute Gasteiger partial charge is 0.323 e. The van der Waals surface area contributed by atoms with Crippen molar-refractivity contribution in [2.75, 3.05) is 0 Å². The van der Waals surface area contributed by atoms with Gasteiger partial charge in [0.2, 0.25) is 0 Å². The van der Waals surface area contributed by atoms with Gasteiger partial charge in [-0.3, -0.25) is 0 Å². The van der Waals surface area contributed by atoms with Crippen LogP contribution in [0.3, 0.4) is 0 Å². The number of nitrogens with two attached hydrogens (primary N) is 1. The Labute approximate surface area is 101 Å². The van der Waals surface area contributed by atoms with Gasteiger partial charge in [0, 0.05) is 6.04 Å². The molecular formula is C10H9ClF4N2. The summed E-state index contributed by atoms with van der Waals surface area (Å²) >= 11 is 0. The van der Waals surface area contributed by atoms with Crippen LogP contribution < -0.4 is 5.73 Å². The number of nitriles is 1. The SMILES string of the molecule is Cl.N#CC[C@@H](N)c1cc(F)ccc1C(F)(F)F. The molecule has 0 aliphatic carbocycles. The van der Waals surface area contributed by atoms with Gasteiger partial charge in [0.25, 0.3) is 0 Å². The Bertz CT molecular complexity index is 425. The third kappa shape index (κ3) is 3.88. The maximum atomic E-state index is 12.8. The van der Waals surface area contributed by atoms with Gasteiger partial charge in [-0.05, 0) is 23.8 Å². The van der Waals surface area contributed by atoms with Gasteiger partial charge >= 0.3 is 6.18 Å². The third-order valence-corrected chi connectivity index (χ3v) is 2.03. The lowest BCUT2D eigenvalue weighted by Crippen LogP contribution is -2.17. The predicted octanol–water partition coefficient (Wildman–Crippen LogP) is 3.18. The summed E-state index contributed by atoms with van der Waals surface area (Å²) in [5.41, 5.74) is 3.99. The van der Waals surface area contributed by atoms with Crippen LogP contribution in [0.1, 0.15) is 23.6 Å². The molecule has 0 unspecified atom stereocenters. The Morgan fingerprint density at radius 1 is 1.35 bits per heavy atom. The van der Waals surface area contributed by atoms with Crippen molar-refractivity contribution in [1.82, 2.24) is 0 Å². The molecule has 0 amide bonds. The maximum Gasteiger partial charge on any atom is 0.416 e. The van der Waals surface area contributed by atoms with Crippen molar-refractivity contribution in [2.45, 2.75) is 18.6 Å². The van der Waals surface area contributed by atoms with Crippen LogP contribution in [0.4, 0.5) is 17.6 Å². The van der Waals surface area contributed by atoms with E-state index < -0.39 is 29.2 Å². The summed E-state index contributed by atoms with van der Waals surface area (Å²) in [5, 5.41) is 8.36. The highest BCUT2D eigenvalue weighted by molar-refractivity contribution is 5.85. The van der Waals surface area contributed by atoms with E-state index in [-0.39, 0.29) is 18.8 Å². The van der Waals surface area contributed by atoms with Gasteiger partial charge in [0.1, 0.15) is 5.82 Å². The van der Waals surface area contributed by atoms with Crippen molar-refractivity contribution < 1.29 is 17.6 Å². The minimum absolute atomic E-state index is 0. The summed E-state index contributed by atoms with van der Waals surface area (Å²) in [6.45, 7) is 0. The minimum atomic E-state index is -4.60. The lowest BCUT2D eigenvalue weighted by atomic mass is 9.98. The number of benzene rings is 1. The number of alkyl halides is 3. The molecule has 0 saturated heterocycles. The molecule has 17 heavy (non-hydrogen) atoms. The van der Waals surface area contributed by atoms with E-state index in [1.54, 1.807) is 6.07 Å². The van der Waals surface area contributed by atoms with E-state index in [2.05, 4.69) is 0 Å². The van der Waals surface area contributed by atoms with Crippen molar-refractivity contribution in [3.05, 3.63) is 35.1 Å². The molecule has 1 atom stereocenters. The van der Waals surface area contributed by atoms with Crippen molar-refractivity contribution in [2.24, 2.45) is 5.73 Å². The fraction of sp³-hybridized carbons (Fsp3) is 0.300. The Hall–Kier alpha value is -1.32. The lowest BCUT2D eigenvalue weighted by Gasteiger charge is -2.16. The van der Waals surface area contributed by atoms with Gasteiger partial charge in [-0.2, -0.15) is 18.4 Å². The number of nitrogens with zero attached hydrogens (tertiary/aromatic N) is 1. The standard InChI is InChI=1S/C10H8F4N2.ClH/c11-6-1-2-8(10(12,13)14)7(5-6)9(16)3-4-15;/h1-2,5,9H,3,16H2;1H/t9-;/m1./s1. The van der Waals surface area contributed by atoms with E-state index >= 15 is 0 Å². The van der Waals surface area contributed by atoms with Gasteiger partial charge in [0.15, 0.2) is 0 Å². The fourth-order valence-corrected chi connectivity index (χ4v) is 1.31. The Balaban J connectivity index is 0.00000256. The Morgan fingerprint density at radius 3 is 2.41 bits per heavy atom. The molecule has 1 rings (SSSR count). The van der Waals surface area contributed by atoms with Crippen LogP contribution in [0.2, 0.25) is 0 Å². The number of rotatable bonds is 2. The average molecular weight is 269 g/mol. The first-order valence-corrected chi connectivity index (χ1v) is 4.35. The molecule has 0 bridgehead atoms. The molecule has 0 heterocycles. The highest BCUT2D eigenvalue weighted by Crippen LogP contribution is 2.35. The van der Waals surface area contributed by atoms with Crippen LogP contribution in [-0.2, 0) is 6.18 Å². The molecule has 0 spiro atoms. The summed E-state index contributed by atoms with van der Waals surface area (Å²) < 4.78 is 50.4. The molecule has 7 heteroatoms. The molecule has 94 valence electrons. The van der Waals surface area contributed by atoms with Gasteiger partial charge < -0.3 is 5.73 Å². The van der Waals surface area contributed by atoms with Crippen LogP contribution in [0.15, 0.2) is 18.2 Å². The first-order chi connectivity index (χ1) is 7.36. The summed E-state index contributed by atoms with van der Waals surface area (Å²) in [6, 6.07) is 2.56. The van der Waals surface area contributed by atoms with Gasteiger partial charge in [-0.1, -0.05) is 0 Å². The van der Waals surface area contributed by atoms with Crippen molar-refractivity contribution in [3.8, 4) is 6.07 Å². The predicted molar refractivity (Wildman–Crippen MR) is 55.8 cm³/mol. The van der Waals surface area contributed by atoms with E-state index in [1.165, 1.54) is 0 Å². The van der Waals surface area contributed by atoms with Crippen molar-refractivity contribution in [1.29, 1.82) is 5.26 Å².